The summed E-state index contributed by atoms with van der Waals surface area (Å²) in [6.45, 7) is 2.37. The summed E-state index contributed by atoms with van der Waals surface area (Å²) >= 11 is 7.54. The van der Waals surface area contributed by atoms with Crippen molar-refractivity contribution < 1.29 is 19.2 Å². The number of nitrogens with zero attached hydrogens (tertiary/aromatic N) is 3. The number of hydrogen-bond donors (Lipinski definition) is 1. The lowest BCUT2D eigenvalue weighted by molar-refractivity contribution is -0.384. The van der Waals surface area contributed by atoms with Crippen LogP contribution in [0.3, 0.4) is 0 Å². The molecule has 1 aromatic heterocycles. The van der Waals surface area contributed by atoms with Crippen molar-refractivity contribution in [2.24, 2.45) is 0 Å². The van der Waals surface area contributed by atoms with Crippen molar-refractivity contribution >= 4 is 68.9 Å². The molecule has 12 heteroatoms. The lowest BCUT2D eigenvalue weighted by atomic mass is 10.1. The van der Waals surface area contributed by atoms with E-state index in [9.17, 15) is 19.7 Å². The number of carbonyl (C=O) groups is 2. The van der Waals surface area contributed by atoms with Crippen LogP contribution in [0.1, 0.15) is 15.2 Å². The summed E-state index contributed by atoms with van der Waals surface area (Å²) in [7, 11) is 0. The number of nitro groups is 1. The maximum atomic E-state index is 12.9. The topological polar surface area (TPSA) is 105 Å². The molecule has 1 N–H and O–H groups in total. The molecule has 2 aliphatic rings. The number of hydrazine groups is 1. The predicted molar refractivity (Wildman–Crippen MR) is 123 cm³/mol. The molecule has 160 valence electrons. The number of amides is 2. The number of carbonyl (C=O) groups excluding carboxylic acids is 2. The summed E-state index contributed by atoms with van der Waals surface area (Å²) in [5.74, 6) is -0.920. The quantitative estimate of drug-likeness (QED) is 0.304. The number of thioether (sulfide) groups is 1. The van der Waals surface area contributed by atoms with Gasteiger partial charge in [-0.2, -0.15) is 5.01 Å². The number of benzene rings is 1. The first-order chi connectivity index (χ1) is 14.9. The molecule has 2 saturated heterocycles. The molecule has 31 heavy (non-hydrogen) atoms. The third kappa shape index (κ3) is 4.61. The summed E-state index contributed by atoms with van der Waals surface area (Å²) < 4.78 is 5.56. The van der Waals surface area contributed by atoms with Crippen LogP contribution in [0.15, 0.2) is 40.6 Å². The molecule has 2 aromatic rings. The fraction of sp³-hybridized carbons (Fsp3) is 0.211. The number of thiophene rings is 1. The maximum absolute atomic E-state index is 12.9. The number of non-ortho nitro benzene ring substituents is 1. The summed E-state index contributed by atoms with van der Waals surface area (Å²) in [6, 6.07) is 7.93. The van der Waals surface area contributed by atoms with Gasteiger partial charge in [-0.05, 0) is 35.8 Å². The second-order valence-electron chi connectivity index (χ2n) is 6.53. The van der Waals surface area contributed by atoms with Gasteiger partial charge in [0, 0.05) is 36.5 Å². The zero-order valence-electron chi connectivity index (χ0n) is 16.0. The Kier molecular flexibility index (Phi) is 6.32. The first kappa shape index (κ1) is 21.4. The van der Waals surface area contributed by atoms with E-state index in [-0.39, 0.29) is 14.9 Å². The van der Waals surface area contributed by atoms with E-state index < -0.39 is 16.7 Å². The molecule has 0 atom stereocenters. The van der Waals surface area contributed by atoms with Gasteiger partial charge >= 0.3 is 0 Å². The van der Waals surface area contributed by atoms with Crippen LogP contribution in [0.2, 0.25) is 0 Å². The van der Waals surface area contributed by atoms with E-state index in [0.29, 0.717) is 36.7 Å². The van der Waals surface area contributed by atoms with Gasteiger partial charge in [-0.3, -0.25) is 25.1 Å². The van der Waals surface area contributed by atoms with E-state index >= 15 is 0 Å². The molecule has 1 aromatic carbocycles. The summed E-state index contributed by atoms with van der Waals surface area (Å²) in [4.78, 5) is 38.8. The van der Waals surface area contributed by atoms with Gasteiger partial charge < -0.3 is 9.64 Å². The van der Waals surface area contributed by atoms with Crippen LogP contribution >= 0.6 is 35.3 Å². The van der Waals surface area contributed by atoms with Crippen molar-refractivity contribution in [3.05, 3.63) is 61.2 Å². The Balaban J connectivity index is 1.63. The molecular weight excluding hydrogens is 460 g/mol. The normalized spacial score (nSPS) is 18.0. The number of thiocarbonyl (C=S) groups is 1. The molecule has 2 aliphatic heterocycles. The Morgan fingerprint density at radius 3 is 2.74 bits per heavy atom. The molecule has 0 spiro atoms. The van der Waals surface area contributed by atoms with E-state index in [4.69, 9.17) is 17.0 Å². The Morgan fingerprint density at radius 2 is 2.06 bits per heavy atom. The smallest absolute Gasteiger partial charge is 0.285 e. The second kappa shape index (κ2) is 9.14. The van der Waals surface area contributed by atoms with Crippen LogP contribution in [-0.4, -0.2) is 52.4 Å². The number of hydrogen-bond acceptors (Lipinski definition) is 9. The maximum Gasteiger partial charge on any atom is 0.285 e. The molecule has 0 saturated carbocycles. The fourth-order valence-electron chi connectivity index (χ4n) is 3.13. The summed E-state index contributed by atoms with van der Waals surface area (Å²) in [6.07, 6.45) is 1.58. The summed E-state index contributed by atoms with van der Waals surface area (Å²) in [5.41, 5.74) is 3.74. The molecule has 0 radical (unpaired) electrons. The molecule has 4 rings (SSSR count). The minimum Gasteiger partial charge on any atom is -0.378 e. The van der Waals surface area contributed by atoms with Crippen molar-refractivity contribution in [3.63, 3.8) is 0 Å². The molecule has 0 bridgehead atoms. The third-order valence-electron chi connectivity index (χ3n) is 4.61. The highest BCUT2D eigenvalue weighted by Gasteiger charge is 2.34. The molecule has 2 fully saturated rings. The molecule has 3 heterocycles. The van der Waals surface area contributed by atoms with Gasteiger partial charge in [0.1, 0.15) is 0 Å². The number of nitro benzene ring substituents is 1. The van der Waals surface area contributed by atoms with Crippen molar-refractivity contribution in [2.45, 2.75) is 0 Å². The van der Waals surface area contributed by atoms with Crippen molar-refractivity contribution in [1.82, 2.24) is 10.4 Å². The average Bonchev–Trinajstić information content (AvgIpc) is 3.39. The third-order valence-corrected chi connectivity index (χ3v) is 6.78. The van der Waals surface area contributed by atoms with Crippen molar-refractivity contribution in [1.29, 1.82) is 0 Å². The predicted octanol–water partition coefficient (Wildman–Crippen LogP) is 3.04. The number of ether oxygens (including phenoxy) is 1. The molecule has 0 aliphatic carbocycles. The average molecular weight is 477 g/mol. The van der Waals surface area contributed by atoms with Gasteiger partial charge in [0.25, 0.3) is 17.5 Å². The number of anilines is 1. The fourth-order valence-corrected chi connectivity index (χ4v) is 4.92. The lowest BCUT2D eigenvalue weighted by Gasteiger charge is -2.30. The monoisotopic (exact) mass is 476 g/mol. The van der Waals surface area contributed by atoms with Gasteiger partial charge in [-0.1, -0.05) is 17.8 Å². The molecule has 0 unspecified atom stereocenters. The molecule has 9 nitrogen and oxygen atoms in total. The molecular formula is C19H16N4O5S3. The van der Waals surface area contributed by atoms with Crippen LogP contribution in [0.5, 0.6) is 0 Å². The highest BCUT2D eigenvalue weighted by molar-refractivity contribution is 8.26. The van der Waals surface area contributed by atoms with Crippen LogP contribution in [0.25, 0.3) is 6.08 Å². The van der Waals surface area contributed by atoms with Gasteiger partial charge in [-0.15, -0.1) is 11.3 Å². The van der Waals surface area contributed by atoms with E-state index in [1.807, 2.05) is 0 Å². The number of morpholine rings is 1. The standard InChI is InChI=1S/C19H16N4O5S3/c24-17(15-2-1-9-30-15)20-22-18(25)16(31-19(22)29)11-12-10-13(23(26)27)3-4-14(12)21-5-7-28-8-6-21/h1-4,9-11H,5-8H2,(H,20,24)/b16-11-. The van der Waals surface area contributed by atoms with Gasteiger partial charge in [-0.25, -0.2) is 0 Å². The van der Waals surface area contributed by atoms with Gasteiger partial charge in [0.15, 0.2) is 4.32 Å². The van der Waals surface area contributed by atoms with Crippen molar-refractivity contribution in [2.75, 3.05) is 31.2 Å². The largest absolute Gasteiger partial charge is 0.378 e. The minimum atomic E-state index is -0.487. The summed E-state index contributed by atoms with van der Waals surface area (Å²) in [5, 5.41) is 14.1. The number of nitrogens with one attached hydrogen (secondary N) is 1. The van der Waals surface area contributed by atoms with Crippen LogP contribution in [0, 0.1) is 10.1 Å². The highest BCUT2D eigenvalue weighted by Crippen LogP contribution is 2.35. The van der Waals surface area contributed by atoms with Crippen LogP contribution in [-0.2, 0) is 9.53 Å². The zero-order chi connectivity index (χ0) is 22.0. The van der Waals surface area contributed by atoms with E-state index in [1.54, 1.807) is 29.7 Å². The van der Waals surface area contributed by atoms with E-state index in [2.05, 4.69) is 10.3 Å². The SMILES string of the molecule is O=C(NN1C(=O)/C(=C/c2cc([N+](=O)[O-])ccc2N2CCOCC2)SC1=S)c1cccs1. The Bertz CT molecular complexity index is 1080. The Labute approximate surface area is 190 Å². The zero-order valence-corrected chi connectivity index (χ0v) is 18.4. The number of rotatable bonds is 5. The second-order valence-corrected chi connectivity index (χ2v) is 9.16. The lowest BCUT2D eigenvalue weighted by Crippen LogP contribution is -2.44. The van der Waals surface area contributed by atoms with Gasteiger partial charge in [0.05, 0.1) is 27.9 Å². The van der Waals surface area contributed by atoms with Crippen LogP contribution in [0.4, 0.5) is 11.4 Å². The van der Waals surface area contributed by atoms with E-state index in [0.717, 1.165) is 22.5 Å². The van der Waals surface area contributed by atoms with Crippen LogP contribution < -0.4 is 10.3 Å². The van der Waals surface area contributed by atoms with E-state index in [1.165, 1.54) is 23.5 Å². The molecule has 2 amide bonds. The minimum absolute atomic E-state index is 0.0789. The first-order valence-electron chi connectivity index (χ1n) is 9.17. The highest BCUT2D eigenvalue weighted by atomic mass is 32.2. The Hall–Kier alpha value is -2.80. The van der Waals surface area contributed by atoms with Gasteiger partial charge in [0.2, 0.25) is 0 Å². The van der Waals surface area contributed by atoms with Crippen molar-refractivity contribution in [3.8, 4) is 0 Å². The first-order valence-corrected chi connectivity index (χ1v) is 11.3. The Morgan fingerprint density at radius 1 is 1.29 bits per heavy atom.